The normalized spacial score (nSPS) is 15.1. The molecule has 0 aromatic heterocycles. The van der Waals surface area contributed by atoms with Crippen LogP contribution in [0.25, 0.3) is 0 Å². The molecule has 0 spiro atoms. The molecule has 0 radical (unpaired) electrons. The summed E-state index contributed by atoms with van der Waals surface area (Å²) in [5.41, 5.74) is 1.21. The highest BCUT2D eigenvalue weighted by atomic mass is 16.5. The second-order valence-corrected chi connectivity index (χ2v) is 2.57. The first-order valence-corrected chi connectivity index (χ1v) is 3.80. The van der Waals surface area contributed by atoms with E-state index in [1.807, 2.05) is 0 Å². The number of esters is 1. The van der Waals surface area contributed by atoms with E-state index in [2.05, 4.69) is 6.58 Å². The van der Waals surface area contributed by atoms with Gasteiger partial charge in [-0.2, -0.15) is 0 Å². The summed E-state index contributed by atoms with van der Waals surface area (Å²) in [6.07, 6.45) is 6.48. The zero-order chi connectivity index (χ0) is 8.10. The third kappa shape index (κ3) is 2.58. The average molecular weight is 152 g/mol. The summed E-state index contributed by atoms with van der Waals surface area (Å²) in [5, 5.41) is 0. The number of carbonyl (C=O) groups is 1. The van der Waals surface area contributed by atoms with Crippen molar-refractivity contribution >= 4 is 5.97 Å². The summed E-state index contributed by atoms with van der Waals surface area (Å²) in [5.74, 6) is -0.236. The molecule has 0 amide bonds. The Morgan fingerprint density at radius 1 is 1.64 bits per heavy atom. The molecule has 0 aliphatic heterocycles. The third-order valence-corrected chi connectivity index (χ3v) is 1.66. The molecule has 1 aliphatic rings. The van der Waals surface area contributed by atoms with Gasteiger partial charge >= 0.3 is 5.97 Å². The Balaban J connectivity index is 2.24. The summed E-state index contributed by atoms with van der Waals surface area (Å²) >= 11 is 0. The molecular formula is C9H12O2. The van der Waals surface area contributed by atoms with E-state index in [-0.39, 0.29) is 5.97 Å². The lowest BCUT2D eigenvalue weighted by atomic mass is 9.92. The maximum absolute atomic E-state index is 10.9. The molecule has 0 N–H and O–H groups in total. The van der Waals surface area contributed by atoms with Crippen LogP contribution >= 0.6 is 0 Å². The van der Waals surface area contributed by atoms with E-state index in [4.69, 9.17) is 4.74 Å². The molecule has 0 bridgehead atoms. The zero-order valence-electron chi connectivity index (χ0n) is 6.51. The van der Waals surface area contributed by atoms with Crippen LogP contribution in [0.2, 0.25) is 0 Å². The standard InChI is InChI=1S/C9H12O2/c1-2-6-11-9(10)7-8-4-3-5-8/h2,7H,1,3-6H2. The van der Waals surface area contributed by atoms with Crippen molar-refractivity contribution in [3.8, 4) is 0 Å². The Bertz CT molecular complexity index is 186. The van der Waals surface area contributed by atoms with Crippen LogP contribution in [0.3, 0.4) is 0 Å². The van der Waals surface area contributed by atoms with Crippen LogP contribution in [0.4, 0.5) is 0 Å². The van der Waals surface area contributed by atoms with E-state index in [0.29, 0.717) is 6.61 Å². The van der Waals surface area contributed by atoms with Crippen LogP contribution in [-0.2, 0) is 9.53 Å². The van der Waals surface area contributed by atoms with Crippen molar-refractivity contribution in [3.05, 3.63) is 24.3 Å². The number of allylic oxidation sites excluding steroid dienone is 1. The lowest BCUT2D eigenvalue weighted by molar-refractivity contribution is -0.136. The first-order chi connectivity index (χ1) is 5.33. The van der Waals surface area contributed by atoms with Crippen molar-refractivity contribution in [3.63, 3.8) is 0 Å². The van der Waals surface area contributed by atoms with Gasteiger partial charge in [0.2, 0.25) is 0 Å². The molecule has 1 fully saturated rings. The maximum atomic E-state index is 10.9. The number of ether oxygens (including phenoxy) is 1. The molecule has 0 atom stereocenters. The predicted molar refractivity (Wildman–Crippen MR) is 43.1 cm³/mol. The van der Waals surface area contributed by atoms with Gasteiger partial charge in [0.25, 0.3) is 0 Å². The Hall–Kier alpha value is -1.05. The van der Waals surface area contributed by atoms with Gasteiger partial charge in [-0.1, -0.05) is 18.2 Å². The lowest BCUT2D eigenvalue weighted by Crippen LogP contribution is -2.05. The summed E-state index contributed by atoms with van der Waals surface area (Å²) < 4.78 is 4.76. The minimum atomic E-state index is -0.236. The SMILES string of the molecule is C=CCOC(=O)C=C1CCC1. The zero-order valence-corrected chi connectivity index (χ0v) is 6.51. The van der Waals surface area contributed by atoms with Crippen molar-refractivity contribution in [2.24, 2.45) is 0 Å². The minimum Gasteiger partial charge on any atom is -0.458 e. The summed E-state index contributed by atoms with van der Waals surface area (Å²) in [4.78, 5) is 10.9. The monoisotopic (exact) mass is 152 g/mol. The lowest BCUT2D eigenvalue weighted by Gasteiger charge is -2.14. The third-order valence-electron chi connectivity index (χ3n) is 1.66. The van der Waals surface area contributed by atoms with Crippen LogP contribution in [0.5, 0.6) is 0 Å². The first kappa shape index (κ1) is 8.05. The van der Waals surface area contributed by atoms with Crippen molar-refractivity contribution in [1.82, 2.24) is 0 Å². The minimum absolute atomic E-state index is 0.236. The van der Waals surface area contributed by atoms with E-state index in [1.165, 1.54) is 12.0 Å². The molecule has 1 rings (SSSR count). The topological polar surface area (TPSA) is 26.3 Å². The van der Waals surface area contributed by atoms with Crippen LogP contribution in [0, 0.1) is 0 Å². The van der Waals surface area contributed by atoms with Crippen LogP contribution in [0.1, 0.15) is 19.3 Å². The van der Waals surface area contributed by atoms with Crippen molar-refractivity contribution in [2.45, 2.75) is 19.3 Å². The number of carbonyl (C=O) groups excluding carboxylic acids is 1. The van der Waals surface area contributed by atoms with Crippen molar-refractivity contribution < 1.29 is 9.53 Å². The van der Waals surface area contributed by atoms with Gasteiger partial charge in [-0.15, -0.1) is 0 Å². The second-order valence-electron chi connectivity index (χ2n) is 2.57. The molecule has 2 heteroatoms. The van der Waals surface area contributed by atoms with E-state index < -0.39 is 0 Å². The maximum Gasteiger partial charge on any atom is 0.331 e. The van der Waals surface area contributed by atoms with E-state index in [1.54, 1.807) is 12.2 Å². The molecular weight excluding hydrogens is 140 g/mol. The molecule has 1 aliphatic carbocycles. The Morgan fingerprint density at radius 2 is 2.36 bits per heavy atom. The molecule has 0 aromatic rings. The number of hydrogen-bond donors (Lipinski definition) is 0. The van der Waals surface area contributed by atoms with Crippen LogP contribution < -0.4 is 0 Å². The average Bonchev–Trinajstić information content (AvgIpc) is 1.93. The quantitative estimate of drug-likeness (QED) is 0.350. The molecule has 2 nitrogen and oxygen atoms in total. The highest BCUT2D eigenvalue weighted by molar-refractivity contribution is 5.83. The van der Waals surface area contributed by atoms with E-state index in [0.717, 1.165) is 12.8 Å². The summed E-state index contributed by atoms with van der Waals surface area (Å²) in [6, 6.07) is 0. The van der Waals surface area contributed by atoms with Gasteiger partial charge in [-0.25, -0.2) is 4.79 Å². The number of rotatable bonds is 3. The van der Waals surface area contributed by atoms with Crippen LogP contribution in [0.15, 0.2) is 24.3 Å². The highest BCUT2D eigenvalue weighted by Gasteiger charge is 2.09. The van der Waals surface area contributed by atoms with Gasteiger partial charge in [0.1, 0.15) is 6.61 Å². The van der Waals surface area contributed by atoms with E-state index >= 15 is 0 Å². The fourth-order valence-corrected chi connectivity index (χ4v) is 0.875. The molecule has 0 unspecified atom stereocenters. The van der Waals surface area contributed by atoms with Crippen LogP contribution in [-0.4, -0.2) is 12.6 Å². The molecule has 0 aromatic carbocycles. The Labute approximate surface area is 66.5 Å². The van der Waals surface area contributed by atoms with Crippen molar-refractivity contribution in [2.75, 3.05) is 6.61 Å². The first-order valence-electron chi connectivity index (χ1n) is 3.80. The summed E-state index contributed by atoms with van der Waals surface area (Å²) in [6.45, 7) is 3.76. The smallest absolute Gasteiger partial charge is 0.331 e. The fourth-order valence-electron chi connectivity index (χ4n) is 0.875. The predicted octanol–water partition coefficient (Wildman–Crippen LogP) is 1.83. The van der Waals surface area contributed by atoms with E-state index in [9.17, 15) is 4.79 Å². The van der Waals surface area contributed by atoms with Gasteiger partial charge in [0, 0.05) is 6.08 Å². The fraction of sp³-hybridized carbons (Fsp3) is 0.444. The Kier molecular flexibility index (Phi) is 2.90. The highest BCUT2D eigenvalue weighted by Crippen LogP contribution is 2.24. The van der Waals surface area contributed by atoms with Gasteiger partial charge in [-0.05, 0) is 19.3 Å². The summed E-state index contributed by atoms with van der Waals surface area (Å²) in [7, 11) is 0. The van der Waals surface area contributed by atoms with Gasteiger partial charge < -0.3 is 4.74 Å². The Morgan fingerprint density at radius 3 is 2.82 bits per heavy atom. The second kappa shape index (κ2) is 3.96. The van der Waals surface area contributed by atoms with Gasteiger partial charge in [0.05, 0.1) is 0 Å². The molecule has 60 valence electrons. The molecule has 0 saturated heterocycles. The molecule has 0 heterocycles. The van der Waals surface area contributed by atoms with Crippen molar-refractivity contribution in [1.29, 1.82) is 0 Å². The van der Waals surface area contributed by atoms with Gasteiger partial charge in [-0.3, -0.25) is 0 Å². The molecule has 11 heavy (non-hydrogen) atoms. The number of hydrogen-bond acceptors (Lipinski definition) is 2. The van der Waals surface area contributed by atoms with Gasteiger partial charge in [0.15, 0.2) is 0 Å². The largest absolute Gasteiger partial charge is 0.458 e. The molecule has 1 saturated carbocycles.